The number of esters is 1. The molecule has 1 aliphatic heterocycles. The van der Waals surface area contributed by atoms with Gasteiger partial charge in [0, 0.05) is 19.0 Å². The number of carbonyl (C=O) groups is 1. The highest BCUT2D eigenvalue weighted by Crippen LogP contribution is 2.48. The minimum Gasteiger partial charge on any atom is -0.469 e. The van der Waals surface area contributed by atoms with Gasteiger partial charge in [-0.2, -0.15) is 0 Å². The van der Waals surface area contributed by atoms with Crippen LogP contribution in [0.25, 0.3) is 0 Å². The summed E-state index contributed by atoms with van der Waals surface area (Å²) in [5.74, 6) is 0.429. The lowest BCUT2D eigenvalue weighted by Crippen LogP contribution is -2.51. The quantitative estimate of drug-likeness (QED) is 0.651. The number of hydrogen-bond donors (Lipinski definition) is 0. The summed E-state index contributed by atoms with van der Waals surface area (Å²) in [6.45, 7) is 3.14. The van der Waals surface area contributed by atoms with Gasteiger partial charge in [0.25, 0.3) is 0 Å². The fraction of sp³-hybridized carbons (Fsp3) is 0.500. The number of hydrogen-bond acceptors (Lipinski definition) is 3. The zero-order valence-corrected chi connectivity index (χ0v) is 17.6. The number of piperidine rings is 1. The monoisotopic (exact) mass is 391 g/mol. The van der Waals surface area contributed by atoms with Gasteiger partial charge in [-0.1, -0.05) is 73.5 Å². The number of carbonyl (C=O) groups excluding carboxylic acids is 1. The summed E-state index contributed by atoms with van der Waals surface area (Å²) in [6, 6.07) is 21.7. The molecule has 4 rings (SSSR count). The lowest BCUT2D eigenvalue weighted by molar-refractivity contribution is -0.155. The van der Waals surface area contributed by atoms with Crippen LogP contribution in [0.1, 0.15) is 55.6 Å². The van der Waals surface area contributed by atoms with Crippen molar-refractivity contribution in [3.63, 3.8) is 0 Å². The second kappa shape index (κ2) is 9.13. The predicted octanol–water partition coefficient (Wildman–Crippen LogP) is 5.26. The Labute approximate surface area is 175 Å². The Balaban J connectivity index is 1.57. The molecule has 2 atom stereocenters. The summed E-state index contributed by atoms with van der Waals surface area (Å²) in [4.78, 5) is 15.2. The number of benzene rings is 2. The van der Waals surface area contributed by atoms with Gasteiger partial charge in [0.1, 0.15) is 0 Å². The second-order valence-corrected chi connectivity index (χ2v) is 8.90. The van der Waals surface area contributed by atoms with Crippen LogP contribution >= 0.6 is 0 Å². The van der Waals surface area contributed by atoms with E-state index in [1.165, 1.54) is 24.0 Å². The van der Waals surface area contributed by atoms with Crippen molar-refractivity contribution in [2.75, 3.05) is 26.7 Å². The van der Waals surface area contributed by atoms with E-state index in [9.17, 15) is 4.79 Å². The molecule has 2 fully saturated rings. The van der Waals surface area contributed by atoms with Crippen LogP contribution in [0.15, 0.2) is 60.7 Å². The molecule has 1 saturated carbocycles. The first kappa shape index (κ1) is 20.2. The molecule has 2 aliphatic rings. The van der Waals surface area contributed by atoms with E-state index in [-0.39, 0.29) is 17.3 Å². The van der Waals surface area contributed by atoms with Gasteiger partial charge in [-0.05, 0) is 48.8 Å². The minimum atomic E-state index is 0.00854. The van der Waals surface area contributed by atoms with Crippen molar-refractivity contribution in [2.24, 2.45) is 11.3 Å². The summed E-state index contributed by atoms with van der Waals surface area (Å²) < 4.78 is 5.21. The van der Waals surface area contributed by atoms with E-state index in [4.69, 9.17) is 4.74 Å². The summed E-state index contributed by atoms with van der Waals surface area (Å²) in [6.07, 6.45) is 6.86. The van der Waals surface area contributed by atoms with Gasteiger partial charge in [-0.25, -0.2) is 0 Å². The molecule has 3 heteroatoms. The number of ether oxygens (including phenoxy) is 1. The summed E-state index contributed by atoms with van der Waals surface area (Å²) >= 11 is 0. The average molecular weight is 392 g/mol. The molecular weight excluding hydrogens is 358 g/mol. The van der Waals surface area contributed by atoms with Crippen molar-refractivity contribution in [3.05, 3.63) is 71.8 Å². The van der Waals surface area contributed by atoms with Gasteiger partial charge in [0.05, 0.1) is 13.0 Å². The molecule has 0 bridgehead atoms. The molecule has 0 unspecified atom stereocenters. The fourth-order valence-corrected chi connectivity index (χ4v) is 5.75. The van der Waals surface area contributed by atoms with Crippen LogP contribution in [0.2, 0.25) is 0 Å². The SMILES string of the molecule is COC(=O)[C@H]1CCCC[C@@]12CCCN(CC(c1ccccc1)c1ccccc1)C2. The molecule has 1 heterocycles. The van der Waals surface area contributed by atoms with E-state index >= 15 is 0 Å². The molecule has 0 radical (unpaired) electrons. The van der Waals surface area contributed by atoms with Crippen LogP contribution in [0.5, 0.6) is 0 Å². The number of rotatable bonds is 5. The lowest BCUT2D eigenvalue weighted by atomic mass is 9.62. The zero-order chi connectivity index (χ0) is 20.1. The third kappa shape index (κ3) is 4.40. The van der Waals surface area contributed by atoms with Crippen LogP contribution in [0.3, 0.4) is 0 Å². The number of methoxy groups -OCH3 is 1. The van der Waals surface area contributed by atoms with E-state index in [0.717, 1.165) is 45.3 Å². The molecule has 154 valence electrons. The van der Waals surface area contributed by atoms with Crippen LogP contribution in [0.4, 0.5) is 0 Å². The number of nitrogens with zero attached hydrogens (tertiary/aromatic N) is 1. The smallest absolute Gasteiger partial charge is 0.309 e. The first-order valence-corrected chi connectivity index (χ1v) is 11.1. The molecule has 2 aromatic rings. The average Bonchev–Trinajstić information content (AvgIpc) is 2.78. The maximum atomic E-state index is 12.6. The highest BCUT2D eigenvalue weighted by atomic mass is 16.5. The van der Waals surface area contributed by atoms with Crippen molar-refractivity contribution in [1.82, 2.24) is 4.90 Å². The summed E-state index contributed by atoms with van der Waals surface area (Å²) in [5, 5.41) is 0. The largest absolute Gasteiger partial charge is 0.469 e. The van der Waals surface area contributed by atoms with Gasteiger partial charge in [-0.3, -0.25) is 4.79 Å². The standard InChI is InChI=1S/C26H33NO2/c1-29-25(28)24-15-8-9-16-26(24)17-10-18-27(20-26)19-23(21-11-4-2-5-12-21)22-13-6-3-7-14-22/h2-7,11-14,23-24H,8-10,15-20H2,1H3/t24-,26+/m1/s1. The van der Waals surface area contributed by atoms with Crippen molar-refractivity contribution >= 4 is 5.97 Å². The van der Waals surface area contributed by atoms with Gasteiger partial charge in [0.2, 0.25) is 0 Å². The van der Waals surface area contributed by atoms with Crippen molar-refractivity contribution in [3.8, 4) is 0 Å². The fourth-order valence-electron chi connectivity index (χ4n) is 5.75. The van der Waals surface area contributed by atoms with Crippen LogP contribution in [0, 0.1) is 11.3 Å². The molecule has 0 aromatic heterocycles. The number of likely N-dealkylation sites (tertiary alicyclic amines) is 1. The van der Waals surface area contributed by atoms with Gasteiger partial charge in [-0.15, -0.1) is 0 Å². The topological polar surface area (TPSA) is 29.5 Å². The lowest BCUT2D eigenvalue weighted by Gasteiger charge is -2.49. The Kier molecular flexibility index (Phi) is 6.34. The van der Waals surface area contributed by atoms with Crippen LogP contribution in [-0.4, -0.2) is 37.6 Å². The van der Waals surface area contributed by atoms with E-state index < -0.39 is 0 Å². The zero-order valence-electron chi connectivity index (χ0n) is 17.6. The molecule has 29 heavy (non-hydrogen) atoms. The Hall–Kier alpha value is -2.13. The second-order valence-electron chi connectivity index (χ2n) is 8.90. The summed E-state index contributed by atoms with van der Waals surface area (Å²) in [7, 11) is 1.55. The molecular formula is C26H33NO2. The van der Waals surface area contributed by atoms with Crippen LogP contribution in [-0.2, 0) is 9.53 Å². The minimum absolute atomic E-state index is 0.00854. The molecule has 1 saturated heterocycles. The van der Waals surface area contributed by atoms with E-state index in [2.05, 4.69) is 65.6 Å². The Morgan fingerprint density at radius 1 is 1.00 bits per heavy atom. The first-order chi connectivity index (χ1) is 14.2. The highest BCUT2D eigenvalue weighted by molar-refractivity contribution is 5.73. The Morgan fingerprint density at radius 3 is 2.24 bits per heavy atom. The van der Waals surface area contributed by atoms with Crippen molar-refractivity contribution in [1.29, 1.82) is 0 Å². The summed E-state index contributed by atoms with van der Waals surface area (Å²) in [5.41, 5.74) is 2.83. The Morgan fingerprint density at radius 2 is 1.62 bits per heavy atom. The van der Waals surface area contributed by atoms with Gasteiger partial charge < -0.3 is 9.64 Å². The van der Waals surface area contributed by atoms with Gasteiger partial charge in [0.15, 0.2) is 0 Å². The van der Waals surface area contributed by atoms with Crippen molar-refractivity contribution < 1.29 is 9.53 Å². The van der Waals surface area contributed by atoms with E-state index in [0.29, 0.717) is 5.92 Å². The van der Waals surface area contributed by atoms with E-state index in [1.807, 2.05) is 0 Å². The maximum Gasteiger partial charge on any atom is 0.309 e. The first-order valence-electron chi connectivity index (χ1n) is 11.1. The molecule has 0 amide bonds. The molecule has 0 N–H and O–H groups in total. The van der Waals surface area contributed by atoms with E-state index in [1.54, 1.807) is 7.11 Å². The molecule has 1 aliphatic carbocycles. The van der Waals surface area contributed by atoms with Crippen molar-refractivity contribution in [2.45, 2.75) is 44.4 Å². The normalized spacial score (nSPS) is 25.2. The highest BCUT2D eigenvalue weighted by Gasteiger charge is 2.47. The Bertz CT molecular complexity index is 747. The van der Waals surface area contributed by atoms with Gasteiger partial charge >= 0.3 is 5.97 Å². The van der Waals surface area contributed by atoms with Crippen LogP contribution < -0.4 is 0 Å². The molecule has 1 spiro atoms. The molecule has 3 nitrogen and oxygen atoms in total. The maximum absolute atomic E-state index is 12.6. The third-order valence-electron chi connectivity index (χ3n) is 7.17. The molecule has 2 aromatic carbocycles. The third-order valence-corrected chi connectivity index (χ3v) is 7.17. The predicted molar refractivity (Wildman–Crippen MR) is 117 cm³/mol.